The molecule has 0 atom stereocenters. The van der Waals surface area contributed by atoms with E-state index in [1.165, 1.54) is 29.4 Å². The summed E-state index contributed by atoms with van der Waals surface area (Å²) in [5.74, 6) is 0. The smallest absolute Gasteiger partial charge is 0.373 e. The largest absolute Gasteiger partial charge is 1.00 e. The molecule has 0 fully saturated rings. The van der Waals surface area contributed by atoms with Gasteiger partial charge in [0.05, 0.1) is 31.1 Å². The molecule has 0 aliphatic rings. The number of benzene rings is 5. The van der Waals surface area contributed by atoms with E-state index in [4.69, 9.17) is 20.8 Å². The number of hydrogen-bond donors (Lipinski definition) is 2. The monoisotopic (exact) mass is 846 g/mol. The molecule has 19 heteroatoms. The minimum absolute atomic E-state index is 0. The predicted octanol–water partition coefficient (Wildman–Crippen LogP) is 5.98. The number of H-pyrrole nitrogens is 2. The van der Waals surface area contributed by atoms with Gasteiger partial charge in [-0.3, -0.25) is 9.09 Å². The van der Waals surface area contributed by atoms with Gasteiger partial charge in [-0.25, -0.2) is 16.8 Å². The number of azide groups is 1. The molecule has 7 aromatic rings. The van der Waals surface area contributed by atoms with Crippen molar-refractivity contribution in [2.45, 2.75) is 44.2 Å². The third-order valence-corrected chi connectivity index (χ3v) is 13.6. The van der Waals surface area contributed by atoms with Gasteiger partial charge in [0.2, 0.25) is 19.7 Å². The van der Waals surface area contributed by atoms with Crippen LogP contribution >= 0.6 is 0 Å². The van der Waals surface area contributed by atoms with Gasteiger partial charge in [0.15, 0.2) is 0 Å². The van der Waals surface area contributed by atoms with Crippen LogP contribution in [0.5, 0.6) is 0 Å². The van der Waals surface area contributed by atoms with E-state index in [1.807, 2.05) is 25.1 Å². The average Bonchev–Trinajstić information content (AvgIpc) is 3.87. The van der Waals surface area contributed by atoms with Gasteiger partial charge in [0.25, 0.3) is 10.1 Å². The number of sulfone groups is 2. The van der Waals surface area contributed by atoms with Crippen LogP contribution in [0.1, 0.15) is 16.7 Å². The molecule has 15 nitrogen and oxygen atoms in total. The Bertz CT molecular complexity index is 2910. The maximum atomic E-state index is 13.2. The normalized spacial score (nSPS) is 11.2. The van der Waals surface area contributed by atoms with E-state index in [-0.39, 0.29) is 73.6 Å². The molecule has 0 unspecified atom stereocenters. The first kappa shape index (κ1) is 45.3. The summed E-state index contributed by atoms with van der Waals surface area (Å²) >= 11 is 0. The Labute approximate surface area is 357 Å². The topological polar surface area (TPSA) is 251 Å². The Kier molecular flexibility index (Phi) is 15.9. The fourth-order valence-corrected chi connectivity index (χ4v) is 9.89. The molecule has 0 saturated heterocycles. The minimum atomic E-state index is -3.89. The fraction of sp³-hybridized carbons (Fsp3) is 0.128. The van der Waals surface area contributed by atoms with Crippen LogP contribution in [0.2, 0.25) is 0 Å². The second-order valence-corrected chi connectivity index (χ2v) is 17.7. The Hall–Kier alpha value is -5.39. The third-order valence-electron chi connectivity index (χ3n) is 8.66. The number of aromatic nitrogens is 2. The van der Waals surface area contributed by atoms with Crippen molar-refractivity contribution >= 4 is 51.6 Å². The van der Waals surface area contributed by atoms with E-state index in [2.05, 4.69) is 20.0 Å². The molecule has 7 rings (SSSR count). The number of rotatable bonds is 12. The number of aryl methyl sites for hydroxylation is 1. The molecule has 2 aromatic heterocycles. The third kappa shape index (κ3) is 10.6. The molecule has 2 heterocycles. The van der Waals surface area contributed by atoms with Gasteiger partial charge < -0.3 is 21.0 Å². The maximum Gasteiger partial charge on any atom is 1.00 e. The molecule has 2 N–H and O–H groups in total. The van der Waals surface area contributed by atoms with Gasteiger partial charge in [-0.1, -0.05) is 83.5 Å². The van der Waals surface area contributed by atoms with Crippen LogP contribution in [0.15, 0.2) is 163 Å². The van der Waals surface area contributed by atoms with Crippen molar-refractivity contribution in [1.29, 1.82) is 0 Å². The Morgan fingerprint density at radius 2 is 1.03 bits per heavy atom. The van der Waals surface area contributed by atoms with Crippen molar-refractivity contribution in [2.24, 2.45) is 5.11 Å². The summed E-state index contributed by atoms with van der Waals surface area (Å²) in [6, 6.07) is 33.8. The van der Waals surface area contributed by atoms with Gasteiger partial charge >= 0.3 is 29.6 Å². The zero-order valence-electron chi connectivity index (χ0n) is 31.3. The van der Waals surface area contributed by atoms with Gasteiger partial charge in [-0.2, -0.15) is 8.42 Å². The van der Waals surface area contributed by atoms with Crippen molar-refractivity contribution < 1.29 is 59.0 Å². The van der Waals surface area contributed by atoms with Crippen molar-refractivity contribution in [1.82, 2.24) is 9.97 Å². The average molecular weight is 847 g/mol. The molecule has 0 saturated carbocycles. The predicted molar refractivity (Wildman–Crippen MR) is 216 cm³/mol. The van der Waals surface area contributed by atoms with Crippen LogP contribution in [0.4, 0.5) is 0 Å². The van der Waals surface area contributed by atoms with E-state index in [0.717, 1.165) is 16.6 Å². The standard InChI is InChI=1S/C23H21NO5S2.C16H14N4O2S.N3.Na/c1-17-10-12-20(13-11-17)31(27,28)29-15-14-18-6-5-9-21-23(18)22(16-24-21)30(25,26)19-7-3-2-4-8-19;17-20-19-10-9-12-5-4-8-14-16(12)15(11-18-14)23(21,22)13-6-2-1-3-7-13;1-3-2;/h2-13,16,24H,14-15H2,1H3;1-8,11,18H,9-10H2;;/q;;-1;+1. The van der Waals surface area contributed by atoms with E-state index in [1.54, 1.807) is 91.0 Å². The Balaban J connectivity index is 0.000000245. The molecule has 0 radical (unpaired) electrons. The summed E-state index contributed by atoms with van der Waals surface area (Å²) in [6.07, 6.45) is 3.71. The van der Waals surface area contributed by atoms with Crippen LogP contribution < -0.4 is 29.6 Å². The Morgan fingerprint density at radius 1 is 0.586 bits per heavy atom. The van der Waals surface area contributed by atoms with Crippen LogP contribution in [0, 0.1) is 6.92 Å². The summed E-state index contributed by atoms with van der Waals surface area (Å²) in [4.78, 5) is 11.2. The summed E-state index contributed by atoms with van der Waals surface area (Å²) < 4.78 is 82.2. The molecular weight excluding hydrogens is 812 g/mol. The van der Waals surface area contributed by atoms with Gasteiger partial charge in [0.1, 0.15) is 0 Å². The first-order chi connectivity index (χ1) is 27.3. The van der Waals surface area contributed by atoms with Crippen molar-refractivity contribution in [2.75, 3.05) is 13.2 Å². The second-order valence-electron chi connectivity index (χ2n) is 12.3. The first-order valence-corrected chi connectivity index (χ1v) is 21.5. The first-order valence-electron chi connectivity index (χ1n) is 17.1. The maximum absolute atomic E-state index is 13.2. The molecule has 0 amide bonds. The zero-order valence-corrected chi connectivity index (χ0v) is 35.7. The van der Waals surface area contributed by atoms with Crippen LogP contribution in [-0.4, -0.2) is 48.4 Å². The number of nitrogens with zero attached hydrogens (tertiary/aromatic N) is 6. The van der Waals surface area contributed by atoms with Crippen LogP contribution in [-0.2, 0) is 46.8 Å². The molecule has 292 valence electrons. The van der Waals surface area contributed by atoms with Crippen LogP contribution in [0.3, 0.4) is 0 Å². The van der Waals surface area contributed by atoms with E-state index in [0.29, 0.717) is 28.3 Å². The van der Waals surface area contributed by atoms with Crippen molar-refractivity contribution in [3.63, 3.8) is 0 Å². The summed E-state index contributed by atoms with van der Waals surface area (Å²) in [6.45, 7) is 2.05. The van der Waals surface area contributed by atoms with E-state index < -0.39 is 29.8 Å². The van der Waals surface area contributed by atoms with Crippen molar-refractivity contribution in [3.05, 3.63) is 177 Å². The Morgan fingerprint density at radius 3 is 1.48 bits per heavy atom. The molecule has 0 aliphatic carbocycles. The molecule has 0 aliphatic heterocycles. The fourth-order valence-electron chi connectivity index (χ4n) is 6.00. The van der Waals surface area contributed by atoms with Crippen molar-refractivity contribution in [3.8, 4) is 0 Å². The quantitative estimate of drug-likeness (QED) is 0.0489. The molecule has 58 heavy (non-hydrogen) atoms. The molecular formula is C39H35N8NaO7S3. The molecule has 5 aromatic carbocycles. The number of aromatic amines is 2. The zero-order chi connectivity index (χ0) is 41.1. The summed E-state index contributed by atoms with van der Waals surface area (Å²) in [7, 11) is -11.2. The van der Waals surface area contributed by atoms with Crippen LogP contribution in [0.25, 0.3) is 48.2 Å². The molecule has 0 bridgehead atoms. The number of nitrogens with one attached hydrogen (secondary N) is 2. The van der Waals surface area contributed by atoms with Gasteiger partial charge in [-0.15, -0.1) is 0 Å². The second kappa shape index (κ2) is 20.3. The minimum Gasteiger partial charge on any atom is -0.373 e. The SMILES string of the molecule is Cc1ccc(S(=O)(=O)OCCc2cccc3[nH]cc(S(=O)(=O)c4ccccc4)c23)cc1.[N-]=[N+]=NCCc1cccc2[nH]cc(S(=O)(=O)c3ccccc3)c12.[N-]=[N+]=[N-].[Na+]. The van der Waals surface area contributed by atoms with Gasteiger partial charge in [0, 0.05) is 45.7 Å². The number of hydrogen-bond acceptors (Lipinski definition) is 8. The number of fused-ring (bicyclic) bond motifs is 2. The van der Waals surface area contributed by atoms with E-state index >= 15 is 0 Å². The van der Waals surface area contributed by atoms with E-state index in [9.17, 15) is 25.3 Å². The van der Waals surface area contributed by atoms with Gasteiger partial charge in [-0.05, 0) is 85.0 Å². The summed E-state index contributed by atoms with van der Waals surface area (Å²) in [5.41, 5.74) is 25.8. The molecule has 0 spiro atoms. The summed E-state index contributed by atoms with van der Waals surface area (Å²) in [5, 5.41) is 4.73.